The van der Waals surface area contributed by atoms with Crippen LogP contribution in [0.4, 0.5) is 0 Å². The SMILES string of the molecule is Cc1ccc2c(c1)c(=C(C#N)C#N)c(=C(C#N)C#N)c1ccccc12. The number of nitrogens with zero attached hydrogens (tertiary/aromatic N) is 4. The number of aryl methyl sites for hydroxylation is 1. The lowest BCUT2D eigenvalue weighted by atomic mass is 9.93. The number of fused-ring (bicyclic) bond motifs is 3. The van der Waals surface area contributed by atoms with Gasteiger partial charge in [-0.1, -0.05) is 48.0 Å². The van der Waals surface area contributed by atoms with Crippen molar-refractivity contribution in [3.8, 4) is 24.3 Å². The molecule has 0 atom stereocenters. The van der Waals surface area contributed by atoms with Gasteiger partial charge in [-0.2, -0.15) is 21.0 Å². The van der Waals surface area contributed by atoms with E-state index in [2.05, 4.69) is 0 Å². The first-order valence-electron chi connectivity index (χ1n) is 7.46. The highest BCUT2D eigenvalue weighted by molar-refractivity contribution is 6.10. The van der Waals surface area contributed by atoms with Gasteiger partial charge in [0.2, 0.25) is 0 Å². The Morgan fingerprint density at radius 2 is 1.12 bits per heavy atom. The molecule has 0 N–H and O–H groups in total. The lowest BCUT2D eigenvalue weighted by Gasteiger charge is -2.09. The lowest BCUT2D eigenvalue weighted by Crippen LogP contribution is -2.30. The fourth-order valence-electron chi connectivity index (χ4n) is 3.10. The van der Waals surface area contributed by atoms with E-state index in [0.29, 0.717) is 21.2 Å². The number of nitriles is 4. The third-order valence-corrected chi connectivity index (χ3v) is 4.13. The summed E-state index contributed by atoms with van der Waals surface area (Å²) in [7, 11) is 0. The first kappa shape index (κ1) is 15.8. The van der Waals surface area contributed by atoms with Crippen LogP contribution < -0.4 is 10.4 Å². The zero-order valence-corrected chi connectivity index (χ0v) is 13.3. The number of hydrogen-bond acceptors (Lipinski definition) is 4. The molecule has 0 aliphatic carbocycles. The quantitative estimate of drug-likeness (QED) is 0.595. The summed E-state index contributed by atoms with van der Waals surface area (Å²) in [4.78, 5) is 0. The predicted octanol–water partition coefficient (Wildman–Crippen LogP) is 2.70. The van der Waals surface area contributed by atoms with Crippen LogP contribution in [0.15, 0.2) is 42.5 Å². The van der Waals surface area contributed by atoms with Gasteiger partial charge in [-0.3, -0.25) is 0 Å². The minimum atomic E-state index is -0.113. The van der Waals surface area contributed by atoms with Gasteiger partial charge in [-0.05, 0) is 28.5 Å². The smallest absolute Gasteiger partial charge is 0.138 e. The zero-order chi connectivity index (χ0) is 18.0. The number of benzene rings is 3. The molecule has 0 saturated carbocycles. The molecule has 0 heterocycles. The van der Waals surface area contributed by atoms with Crippen LogP contribution in [0, 0.1) is 52.2 Å². The maximum Gasteiger partial charge on any atom is 0.138 e. The van der Waals surface area contributed by atoms with Crippen molar-refractivity contribution in [2.24, 2.45) is 0 Å². The summed E-state index contributed by atoms with van der Waals surface area (Å²) in [5.74, 6) is 0. The third kappa shape index (κ3) is 2.36. The number of hydrogen-bond donors (Lipinski definition) is 0. The van der Waals surface area contributed by atoms with Crippen LogP contribution in [0.25, 0.3) is 32.7 Å². The molecule has 0 aliphatic rings. The Hall–Kier alpha value is -4.12. The molecule has 0 aromatic heterocycles. The van der Waals surface area contributed by atoms with E-state index in [0.717, 1.165) is 16.3 Å². The molecule has 114 valence electrons. The van der Waals surface area contributed by atoms with E-state index in [1.807, 2.05) is 61.5 Å². The van der Waals surface area contributed by atoms with Crippen LogP contribution in [0.2, 0.25) is 0 Å². The van der Waals surface area contributed by atoms with Gasteiger partial charge in [-0.15, -0.1) is 0 Å². The van der Waals surface area contributed by atoms with Gasteiger partial charge in [-0.25, -0.2) is 0 Å². The molecule has 4 heteroatoms. The van der Waals surface area contributed by atoms with Crippen molar-refractivity contribution in [3.05, 3.63) is 58.5 Å². The van der Waals surface area contributed by atoms with Crippen LogP contribution >= 0.6 is 0 Å². The van der Waals surface area contributed by atoms with Crippen molar-refractivity contribution in [1.29, 1.82) is 21.0 Å². The molecule has 25 heavy (non-hydrogen) atoms. The molecule has 0 fully saturated rings. The molecule has 3 aromatic carbocycles. The summed E-state index contributed by atoms with van der Waals surface area (Å²) in [6.45, 7) is 1.91. The molecule has 0 saturated heterocycles. The van der Waals surface area contributed by atoms with Crippen LogP contribution in [-0.4, -0.2) is 0 Å². The summed E-state index contributed by atoms with van der Waals surface area (Å²) in [6, 6.07) is 20.8. The van der Waals surface area contributed by atoms with E-state index in [4.69, 9.17) is 0 Å². The van der Waals surface area contributed by atoms with E-state index >= 15 is 0 Å². The van der Waals surface area contributed by atoms with E-state index in [9.17, 15) is 21.0 Å². The van der Waals surface area contributed by atoms with Gasteiger partial charge < -0.3 is 0 Å². The molecule has 3 aromatic rings. The van der Waals surface area contributed by atoms with Gasteiger partial charge in [0.1, 0.15) is 35.4 Å². The Kier molecular flexibility index (Phi) is 3.89. The summed E-state index contributed by atoms with van der Waals surface area (Å²) in [5.41, 5.74) is 0.734. The second-order valence-corrected chi connectivity index (χ2v) is 5.54. The van der Waals surface area contributed by atoms with E-state index in [-0.39, 0.29) is 11.1 Å². The highest BCUT2D eigenvalue weighted by Crippen LogP contribution is 2.22. The van der Waals surface area contributed by atoms with Crippen LogP contribution in [0.1, 0.15) is 5.56 Å². The van der Waals surface area contributed by atoms with Gasteiger partial charge in [0.15, 0.2) is 0 Å². The fourth-order valence-corrected chi connectivity index (χ4v) is 3.10. The maximum atomic E-state index is 9.45. The standard InChI is InChI=1S/C21H10N4/c1-13-6-7-17-16-4-2-3-5-18(16)20(14(9-22)10-23)21(19(17)8-13)15(11-24)12-25/h2-8H,1H3. The minimum Gasteiger partial charge on any atom is -0.192 e. The van der Waals surface area contributed by atoms with E-state index in [1.165, 1.54) is 0 Å². The summed E-state index contributed by atoms with van der Waals surface area (Å²) in [5, 5.41) is 41.6. The molecular formula is C21H10N4. The second-order valence-electron chi connectivity index (χ2n) is 5.54. The van der Waals surface area contributed by atoms with Crippen LogP contribution in [0.3, 0.4) is 0 Å². The number of rotatable bonds is 0. The maximum absolute atomic E-state index is 9.45. The van der Waals surface area contributed by atoms with Gasteiger partial charge in [0.25, 0.3) is 0 Å². The van der Waals surface area contributed by atoms with Gasteiger partial charge >= 0.3 is 0 Å². The lowest BCUT2D eigenvalue weighted by molar-refractivity contribution is 1.46. The van der Waals surface area contributed by atoms with E-state index < -0.39 is 0 Å². The monoisotopic (exact) mass is 318 g/mol. The molecule has 0 amide bonds. The van der Waals surface area contributed by atoms with Crippen LogP contribution in [0.5, 0.6) is 0 Å². The summed E-state index contributed by atoms with van der Waals surface area (Å²) >= 11 is 0. The van der Waals surface area contributed by atoms with E-state index in [1.54, 1.807) is 12.1 Å². The molecular weight excluding hydrogens is 308 g/mol. The Morgan fingerprint density at radius 3 is 1.68 bits per heavy atom. The Morgan fingerprint density at radius 1 is 0.640 bits per heavy atom. The zero-order valence-electron chi connectivity index (χ0n) is 13.3. The van der Waals surface area contributed by atoms with Gasteiger partial charge in [0.05, 0.1) is 0 Å². The van der Waals surface area contributed by atoms with Crippen molar-refractivity contribution < 1.29 is 0 Å². The normalized spacial score (nSPS) is 9.64. The molecule has 3 rings (SSSR count). The molecule has 4 nitrogen and oxygen atoms in total. The summed E-state index contributed by atoms with van der Waals surface area (Å²) < 4.78 is 0. The average molecular weight is 318 g/mol. The fraction of sp³-hybridized carbons (Fsp3) is 0.0476. The molecule has 0 bridgehead atoms. The molecule has 0 aliphatic heterocycles. The van der Waals surface area contributed by atoms with Crippen molar-refractivity contribution in [2.45, 2.75) is 6.92 Å². The Balaban J connectivity index is 2.99. The largest absolute Gasteiger partial charge is 0.192 e. The second kappa shape index (κ2) is 6.17. The highest BCUT2D eigenvalue weighted by Gasteiger charge is 2.12. The topological polar surface area (TPSA) is 95.2 Å². The third-order valence-electron chi connectivity index (χ3n) is 4.13. The van der Waals surface area contributed by atoms with Crippen molar-refractivity contribution >= 4 is 32.7 Å². The minimum absolute atomic E-state index is 0.112. The predicted molar refractivity (Wildman–Crippen MR) is 94.7 cm³/mol. The summed E-state index contributed by atoms with van der Waals surface area (Å²) in [6.07, 6.45) is 0. The first-order valence-corrected chi connectivity index (χ1v) is 7.46. The highest BCUT2D eigenvalue weighted by atomic mass is 14.3. The average Bonchev–Trinajstić information content (AvgIpc) is 2.64. The Bertz CT molecular complexity index is 1300. The molecule has 0 spiro atoms. The van der Waals surface area contributed by atoms with Gasteiger partial charge in [0, 0.05) is 10.4 Å². The molecule has 0 unspecified atom stereocenters. The van der Waals surface area contributed by atoms with Crippen molar-refractivity contribution in [3.63, 3.8) is 0 Å². The Labute approximate surface area is 144 Å². The van der Waals surface area contributed by atoms with Crippen molar-refractivity contribution in [2.75, 3.05) is 0 Å². The van der Waals surface area contributed by atoms with Crippen molar-refractivity contribution in [1.82, 2.24) is 0 Å². The molecule has 0 radical (unpaired) electrons. The van der Waals surface area contributed by atoms with Crippen LogP contribution in [-0.2, 0) is 0 Å². The first-order chi connectivity index (χ1) is 12.2.